The van der Waals surface area contributed by atoms with E-state index in [-0.39, 0.29) is 5.84 Å². The standard InChI is InChI=1S/C11H14N4O/c1-6(12)9-4-3-8(11(14)15-16)5-10(9)7(2)13/h3-5,12-13,16H,1-2H3,(H2,14,15). The first-order valence-corrected chi connectivity index (χ1v) is 4.70. The highest BCUT2D eigenvalue weighted by molar-refractivity contribution is 6.10. The summed E-state index contributed by atoms with van der Waals surface area (Å²) in [5.74, 6) is -0.00307. The second-order valence-electron chi connectivity index (χ2n) is 3.50. The predicted molar refractivity (Wildman–Crippen MR) is 64.0 cm³/mol. The Kier molecular flexibility index (Phi) is 3.40. The summed E-state index contributed by atoms with van der Waals surface area (Å²) < 4.78 is 0. The third-order valence-corrected chi connectivity index (χ3v) is 2.23. The molecule has 84 valence electrons. The third kappa shape index (κ3) is 2.25. The Balaban J connectivity index is 3.40. The molecule has 0 aliphatic rings. The normalized spacial score (nSPS) is 11.2. The first-order valence-electron chi connectivity index (χ1n) is 4.70. The molecule has 0 bridgehead atoms. The van der Waals surface area contributed by atoms with Crippen LogP contribution < -0.4 is 5.73 Å². The molecular weight excluding hydrogens is 204 g/mol. The van der Waals surface area contributed by atoms with Crippen molar-refractivity contribution < 1.29 is 5.21 Å². The minimum Gasteiger partial charge on any atom is -0.409 e. The van der Waals surface area contributed by atoms with Gasteiger partial charge >= 0.3 is 0 Å². The van der Waals surface area contributed by atoms with Crippen LogP contribution in [-0.2, 0) is 0 Å². The molecule has 0 aliphatic carbocycles. The summed E-state index contributed by atoms with van der Waals surface area (Å²) >= 11 is 0. The number of nitrogens with one attached hydrogen (secondary N) is 2. The fourth-order valence-corrected chi connectivity index (χ4v) is 1.40. The number of rotatable bonds is 3. The van der Waals surface area contributed by atoms with Gasteiger partial charge in [-0.25, -0.2) is 0 Å². The molecule has 5 heteroatoms. The number of hydrogen-bond acceptors (Lipinski definition) is 4. The van der Waals surface area contributed by atoms with Gasteiger partial charge in [0.2, 0.25) is 0 Å². The van der Waals surface area contributed by atoms with E-state index in [1.54, 1.807) is 32.0 Å². The topological polar surface area (TPSA) is 106 Å². The van der Waals surface area contributed by atoms with Gasteiger partial charge in [0.25, 0.3) is 0 Å². The lowest BCUT2D eigenvalue weighted by molar-refractivity contribution is 0.318. The van der Waals surface area contributed by atoms with Crippen molar-refractivity contribution in [3.63, 3.8) is 0 Å². The smallest absolute Gasteiger partial charge is 0.170 e. The van der Waals surface area contributed by atoms with E-state index in [9.17, 15) is 0 Å². The molecule has 0 heterocycles. The molecule has 5 nitrogen and oxygen atoms in total. The van der Waals surface area contributed by atoms with Gasteiger partial charge in [-0.15, -0.1) is 0 Å². The molecule has 1 aromatic carbocycles. The lowest BCUT2D eigenvalue weighted by Crippen LogP contribution is -2.15. The van der Waals surface area contributed by atoms with Crippen LogP contribution in [0.15, 0.2) is 23.4 Å². The number of nitrogens with two attached hydrogens (primary N) is 1. The molecular formula is C11H14N4O. The molecule has 0 saturated heterocycles. The van der Waals surface area contributed by atoms with Crippen molar-refractivity contribution >= 4 is 17.3 Å². The zero-order valence-corrected chi connectivity index (χ0v) is 9.20. The first kappa shape index (κ1) is 11.9. The molecule has 0 atom stereocenters. The van der Waals surface area contributed by atoms with Crippen molar-refractivity contribution in [3.8, 4) is 0 Å². The summed E-state index contributed by atoms with van der Waals surface area (Å²) in [6.07, 6.45) is 0. The van der Waals surface area contributed by atoms with E-state index in [2.05, 4.69) is 5.16 Å². The van der Waals surface area contributed by atoms with Gasteiger partial charge in [-0.2, -0.15) is 0 Å². The Morgan fingerprint density at radius 2 is 1.75 bits per heavy atom. The molecule has 0 unspecified atom stereocenters. The van der Waals surface area contributed by atoms with Gasteiger partial charge in [0.15, 0.2) is 5.84 Å². The molecule has 0 radical (unpaired) electrons. The van der Waals surface area contributed by atoms with Crippen molar-refractivity contribution in [3.05, 3.63) is 34.9 Å². The van der Waals surface area contributed by atoms with E-state index < -0.39 is 0 Å². The second kappa shape index (κ2) is 4.57. The molecule has 0 aromatic heterocycles. The molecule has 1 aromatic rings. The highest BCUT2D eigenvalue weighted by Gasteiger charge is 2.09. The minimum atomic E-state index is -0.00307. The SMILES string of the molecule is CC(=N)c1ccc(/C(N)=N/O)cc1C(C)=N. The van der Waals surface area contributed by atoms with Crippen molar-refractivity contribution in [1.82, 2.24) is 0 Å². The van der Waals surface area contributed by atoms with Gasteiger partial charge < -0.3 is 21.8 Å². The number of amidine groups is 1. The summed E-state index contributed by atoms with van der Waals surface area (Å²) in [6.45, 7) is 3.29. The maximum absolute atomic E-state index is 8.56. The van der Waals surface area contributed by atoms with Crippen LogP contribution in [0.2, 0.25) is 0 Å². The molecule has 0 saturated carbocycles. The average Bonchev–Trinajstić information content (AvgIpc) is 2.26. The third-order valence-electron chi connectivity index (χ3n) is 2.23. The number of benzene rings is 1. The van der Waals surface area contributed by atoms with Crippen molar-refractivity contribution in [1.29, 1.82) is 10.8 Å². The summed E-state index contributed by atoms with van der Waals surface area (Å²) in [7, 11) is 0. The van der Waals surface area contributed by atoms with Crippen LogP contribution in [0.4, 0.5) is 0 Å². The van der Waals surface area contributed by atoms with Crippen LogP contribution in [0.5, 0.6) is 0 Å². The fraction of sp³-hybridized carbons (Fsp3) is 0.182. The van der Waals surface area contributed by atoms with Gasteiger partial charge in [0.05, 0.1) is 0 Å². The predicted octanol–water partition coefficient (Wildman–Crippen LogP) is 1.56. The Morgan fingerprint density at radius 3 is 2.19 bits per heavy atom. The largest absolute Gasteiger partial charge is 0.409 e. The van der Waals surface area contributed by atoms with Crippen molar-refractivity contribution in [2.45, 2.75) is 13.8 Å². The van der Waals surface area contributed by atoms with Crippen LogP contribution in [0.25, 0.3) is 0 Å². The lowest BCUT2D eigenvalue weighted by atomic mass is 9.97. The molecule has 0 aliphatic heterocycles. The highest BCUT2D eigenvalue weighted by Crippen LogP contribution is 2.13. The van der Waals surface area contributed by atoms with Crippen LogP contribution in [0.3, 0.4) is 0 Å². The highest BCUT2D eigenvalue weighted by atomic mass is 16.4. The zero-order valence-electron chi connectivity index (χ0n) is 9.20. The first-order chi connectivity index (χ1) is 7.47. The molecule has 0 amide bonds. The van der Waals surface area contributed by atoms with Gasteiger partial charge in [-0.05, 0) is 19.9 Å². The number of oxime groups is 1. The lowest BCUT2D eigenvalue weighted by Gasteiger charge is -2.09. The molecule has 5 N–H and O–H groups in total. The summed E-state index contributed by atoms with van der Waals surface area (Å²) in [4.78, 5) is 0. The molecule has 0 fully saturated rings. The van der Waals surface area contributed by atoms with E-state index in [1.165, 1.54) is 0 Å². The van der Waals surface area contributed by atoms with Crippen LogP contribution in [-0.4, -0.2) is 22.5 Å². The minimum absolute atomic E-state index is 0.00307. The van der Waals surface area contributed by atoms with E-state index in [1.807, 2.05) is 0 Å². The number of hydrogen-bond donors (Lipinski definition) is 4. The van der Waals surface area contributed by atoms with E-state index in [0.29, 0.717) is 28.1 Å². The second-order valence-corrected chi connectivity index (χ2v) is 3.50. The van der Waals surface area contributed by atoms with Gasteiger partial charge in [-0.3, -0.25) is 0 Å². The van der Waals surface area contributed by atoms with Crippen molar-refractivity contribution in [2.24, 2.45) is 10.9 Å². The Labute approximate surface area is 93.6 Å². The summed E-state index contributed by atoms with van der Waals surface area (Å²) in [6, 6.07) is 5.00. The maximum Gasteiger partial charge on any atom is 0.170 e. The van der Waals surface area contributed by atoms with E-state index >= 15 is 0 Å². The Morgan fingerprint density at radius 1 is 1.19 bits per heavy atom. The number of nitrogens with zero attached hydrogens (tertiary/aromatic N) is 1. The Bertz CT molecular complexity index is 477. The monoisotopic (exact) mass is 218 g/mol. The molecule has 1 rings (SSSR count). The maximum atomic E-state index is 8.56. The van der Waals surface area contributed by atoms with E-state index in [0.717, 1.165) is 0 Å². The quantitative estimate of drug-likeness (QED) is 0.267. The zero-order chi connectivity index (χ0) is 12.3. The summed E-state index contributed by atoms with van der Waals surface area (Å²) in [5.41, 5.74) is 8.03. The Hall–Kier alpha value is -2.17. The fourth-order valence-electron chi connectivity index (χ4n) is 1.40. The summed E-state index contributed by atoms with van der Waals surface area (Å²) in [5, 5.41) is 26.7. The van der Waals surface area contributed by atoms with Crippen LogP contribution in [0.1, 0.15) is 30.5 Å². The van der Waals surface area contributed by atoms with Gasteiger partial charge in [0.1, 0.15) is 0 Å². The van der Waals surface area contributed by atoms with E-state index in [4.69, 9.17) is 21.8 Å². The van der Waals surface area contributed by atoms with Crippen LogP contribution in [0, 0.1) is 10.8 Å². The van der Waals surface area contributed by atoms with Crippen molar-refractivity contribution in [2.75, 3.05) is 0 Å². The molecule has 0 spiro atoms. The van der Waals surface area contributed by atoms with Gasteiger partial charge in [0, 0.05) is 28.1 Å². The van der Waals surface area contributed by atoms with Crippen LogP contribution >= 0.6 is 0 Å². The molecule has 16 heavy (non-hydrogen) atoms. The average molecular weight is 218 g/mol. The van der Waals surface area contributed by atoms with Gasteiger partial charge in [-0.1, -0.05) is 17.3 Å².